The molecule has 0 radical (unpaired) electrons. The van der Waals surface area contributed by atoms with Crippen LogP contribution in [0.15, 0.2) is 45.9 Å². The number of carboxylic acid groups (broad SMARTS) is 2. The second-order valence-corrected chi connectivity index (χ2v) is 12.2. The summed E-state index contributed by atoms with van der Waals surface area (Å²) < 4.78 is 49.9. The van der Waals surface area contributed by atoms with E-state index in [1.54, 1.807) is 0 Å². The Morgan fingerprint density at radius 2 is 1.87 bits per heavy atom. The van der Waals surface area contributed by atoms with Crippen molar-refractivity contribution in [1.82, 2.24) is 19.8 Å². The number of aromatic carboxylic acids is 1. The predicted molar refractivity (Wildman–Crippen MR) is 157 cm³/mol. The molecule has 47 heavy (non-hydrogen) atoms. The third-order valence-electron chi connectivity index (χ3n) is 8.03. The molecule has 4 atom stereocenters. The van der Waals surface area contributed by atoms with Crippen molar-refractivity contribution in [2.24, 2.45) is 5.92 Å². The molecule has 2 amide bonds. The van der Waals surface area contributed by atoms with Crippen molar-refractivity contribution in [3.8, 4) is 5.69 Å². The van der Waals surface area contributed by atoms with E-state index in [9.17, 15) is 48.1 Å². The van der Waals surface area contributed by atoms with Gasteiger partial charge in [-0.2, -0.15) is 0 Å². The molecule has 2 saturated heterocycles. The van der Waals surface area contributed by atoms with Crippen LogP contribution in [0.3, 0.4) is 0 Å². The van der Waals surface area contributed by atoms with Crippen molar-refractivity contribution in [3.63, 3.8) is 0 Å². The summed E-state index contributed by atoms with van der Waals surface area (Å²) in [6.07, 6.45) is -0.819. The minimum absolute atomic E-state index is 0.00508. The van der Waals surface area contributed by atoms with Crippen LogP contribution in [0, 0.1) is 23.4 Å². The zero-order chi connectivity index (χ0) is 33.9. The molecule has 4 N–H and O–H groups in total. The number of rotatable bonds is 8. The number of anilines is 1. The highest BCUT2D eigenvalue weighted by Gasteiger charge is 2.57. The molecule has 3 aromatic rings. The van der Waals surface area contributed by atoms with Gasteiger partial charge in [-0.05, 0) is 31.5 Å². The Balaban J connectivity index is 1.19. The number of carbonyl (C=O) groups is 4. The highest BCUT2D eigenvalue weighted by molar-refractivity contribution is 8.04. The number of fused-ring (bicyclic) bond motifs is 2. The van der Waals surface area contributed by atoms with E-state index < -0.39 is 87.8 Å². The minimum atomic E-state index is -1.65. The summed E-state index contributed by atoms with van der Waals surface area (Å²) in [6, 6.07) is 2.66. The lowest BCUT2D eigenvalue weighted by atomic mass is 9.92. The van der Waals surface area contributed by atoms with Crippen molar-refractivity contribution in [2.75, 3.05) is 24.6 Å². The molecule has 246 valence electrons. The quantitative estimate of drug-likeness (QED) is 0.255. The molecule has 2 fully saturated rings. The Morgan fingerprint density at radius 3 is 2.53 bits per heavy atom. The first-order chi connectivity index (χ1) is 22.3. The molecule has 1 aromatic carbocycles. The molecule has 14 nitrogen and oxygen atoms in total. The number of ether oxygens (including phenoxy) is 1. The van der Waals surface area contributed by atoms with Crippen molar-refractivity contribution < 1.29 is 52.4 Å². The normalized spacial score (nSPS) is 21.1. The number of aliphatic carboxylic acids is 1. The summed E-state index contributed by atoms with van der Waals surface area (Å²) in [6.45, 7) is 1.13. The molecule has 5 heterocycles. The minimum Gasteiger partial charge on any atom is -0.477 e. The van der Waals surface area contributed by atoms with Gasteiger partial charge >= 0.3 is 18.0 Å². The van der Waals surface area contributed by atoms with E-state index >= 15 is 4.39 Å². The summed E-state index contributed by atoms with van der Waals surface area (Å²) in [5, 5.41) is 30.5. The Labute approximate surface area is 266 Å². The van der Waals surface area contributed by atoms with E-state index in [0.29, 0.717) is 6.07 Å². The maximum Gasteiger partial charge on any atom is 0.407 e. The number of hydrogen-bond acceptors (Lipinski definition) is 10. The maximum absolute atomic E-state index is 15.4. The number of aliphatic hydroxyl groups is 1. The second kappa shape index (κ2) is 11.9. The van der Waals surface area contributed by atoms with Crippen molar-refractivity contribution >= 4 is 52.6 Å². The molecule has 0 bridgehead atoms. The van der Waals surface area contributed by atoms with E-state index in [0.717, 1.165) is 45.6 Å². The molecule has 6 rings (SSSR count). The Kier molecular flexibility index (Phi) is 8.08. The number of thioether (sulfide) groups is 1. The number of aromatic nitrogens is 2. The second-order valence-electron chi connectivity index (χ2n) is 11.0. The molecular weight excluding hydrogens is 651 g/mol. The summed E-state index contributed by atoms with van der Waals surface area (Å²) >= 11 is 1.01. The largest absolute Gasteiger partial charge is 0.477 e. The first-order valence-corrected chi connectivity index (χ1v) is 14.9. The van der Waals surface area contributed by atoms with Gasteiger partial charge in [0.15, 0.2) is 17.3 Å². The zero-order valence-electron chi connectivity index (χ0n) is 24.1. The van der Waals surface area contributed by atoms with Crippen molar-refractivity contribution in [2.45, 2.75) is 30.9 Å². The standard InChI is InChI=1S/C29H24F3N5O9S/c1-11(38)20-25(40)37-21(28(43)44)19(47-26(20)37)10-46-29(45)33-13-4-5-35(8-13)24-17(32)7-14-22(39)15(27(41)42)9-36(23(14)34-24)18-3-2-12(30)6-16(18)31/h2-3,6-7,9,11,13,20,26,38H,4-5,8,10H2,1H3,(H,33,45)(H,41,42)(H,43,44)/t11-,13+,20-,26-/m1/s1. The van der Waals surface area contributed by atoms with Gasteiger partial charge in [0.1, 0.15) is 34.9 Å². The van der Waals surface area contributed by atoms with Gasteiger partial charge in [-0.1, -0.05) is 11.8 Å². The topological polar surface area (TPSA) is 192 Å². The number of hydrogen-bond donors (Lipinski definition) is 4. The number of nitrogens with zero attached hydrogens (tertiary/aromatic N) is 4. The number of pyridine rings is 2. The molecule has 2 aromatic heterocycles. The van der Waals surface area contributed by atoms with Gasteiger partial charge in [0.05, 0.1) is 34.0 Å². The van der Waals surface area contributed by atoms with Crippen LogP contribution in [0.5, 0.6) is 0 Å². The fraction of sp³-hybridized carbons (Fsp3) is 0.310. The van der Waals surface area contributed by atoms with Crippen LogP contribution in [0.2, 0.25) is 0 Å². The molecule has 0 saturated carbocycles. The summed E-state index contributed by atoms with van der Waals surface area (Å²) in [5.74, 6) is -7.65. The number of benzene rings is 1. The highest BCUT2D eigenvalue weighted by Crippen LogP contribution is 2.50. The van der Waals surface area contributed by atoms with E-state index in [2.05, 4.69) is 10.3 Å². The van der Waals surface area contributed by atoms with Crippen LogP contribution in [-0.2, 0) is 14.3 Å². The van der Waals surface area contributed by atoms with Gasteiger partial charge in [0.25, 0.3) is 0 Å². The molecule has 3 aliphatic heterocycles. The molecular formula is C29H24F3N5O9S. The Bertz CT molecular complexity index is 1970. The number of β-lactam (4-membered cyclic amide) rings is 1. The first kappa shape index (κ1) is 31.9. The zero-order valence-corrected chi connectivity index (χ0v) is 25.0. The fourth-order valence-electron chi connectivity index (χ4n) is 5.81. The molecule has 18 heteroatoms. The summed E-state index contributed by atoms with van der Waals surface area (Å²) in [7, 11) is 0. The van der Waals surface area contributed by atoms with Gasteiger partial charge in [-0.3, -0.25) is 19.1 Å². The SMILES string of the molecule is C[C@@H](O)[C@@H]1C(=O)N2C(C(=O)O)=C(COC(=O)N[C@H]3CCN(c4nc5c(cc4F)c(=O)c(C(=O)O)cn5-c4ccc(F)cc4F)C3)S[C@H]12. The average molecular weight is 676 g/mol. The van der Waals surface area contributed by atoms with Crippen LogP contribution in [0.1, 0.15) is 23.7 Å². The third-order valence-corrected chi connectivity index (χ3v) is 9.37. The Morgan fingerprint density at radius 1 is 1.13 bits per heavy atom. The number of aliphatic hydroxyl groups excluding tert-OH is 1. The van der Waals surface area contributed by atoms with Gasteiger partial charge in [0.2, 0.25) is 11.3 Å². The molecule has 3 aliphatic rings. The van der Waals surface area contributed by atoms with Crippen LogP contribution in [-0.4, -0.2) is 90.9 Å². The number of alkyl carbamates (subject to hydrolysis) is 1. The number of amides is 2. The van der Waals surface area contributed by atoms with E-state index in [4.69, 9.17) is 4.74 Å². The molecule has 0 spiro atoms. The van der Waals surface area contributed by atoms with E-state index in [1.807, 2.05) is 0 Å². The molecule has 0 aliphatic carbocycles. The monoisotopic (exact) mass is 675 g/mol. The predicted octanol–water partition coefficient (Wildman–Crippen LogP) is 2.01. The van der Waals surface area contributed by atoms with E-state index in [1.165, 1.54) is 11.8 Å². The smallest absolute Gasteiger partial charge is 0.407 e. The van der Waals surface area contributed by atoms with Gasteiger partial charge in [-0.15, -0.1) is 0 Å². The van der Waals surface area contributed by atoms with E-state index in [-0.39, 0.29) is 47.3 Å². The highest BCUT2D eigenvalue weighted by atomic mass is 32.2. The Hall–Kier alpha value is -5.10. The van der Waals surface area contributed by atoms with Crippen LogP contribution in [0.25, 0.3) is 16.7 Å². The van der Waals surface area contributed by atoms with Gasteiger partial charge in [0, 0.05) is 25.4 Å². The van der Waals surface area contributed by atoms with Crippen LogP contribution >= 0.6 is 11.8 Å². The third kappa shape index (κ3) is 5.52. The fourth-order valence-corrected chi connectivity index (χ4v) is 7.33. The van der Waals surface area contributed by atoms with Crippen molar-refractivity contribution in [1.29, 1.82) is 0 Å². The van der Waals surface area contributed by atoms with Crippen molar-refractivity contribution in [3.05, 3.63) is 74.3 Å². The lowest BCUT2D eigenvalue weighted by Crippen LogP contribution is -2.60. The first-order valence-electron chi connectivity index (χ1n) is 14.0. The number of carboxylic acids is 2. The number of halogens is 3. The number of nitrogens with one attached hydrogen (secondary N) is 1. The summed E-state index contributed by atoms with van der Waals surface area (Å²) in [5.41, 5.74) is -2.82. The van der Waals surface area contributed by atoms with Gasteiger partial charge < -0.3 is 30.3 Å². The van der Waals surface area contributed by atoms with Crippen LogP contribution < -0.4 is 15.6 Å². The lowest BCUT2D eigenvalue weighted by molar-refractivity contribution is -0.156. The lowest BCUT2D eigenvalue weighted by Gasteiger charge is -2.43. The van der Waals surface area contributed by atoms with Crippen LogP contribution in [0.4, 0.5) is 23.8 Å². The van der Waals surface area contributed by atoms with Gasteiger partial charge in [-0.25, -0.2) is 32.5 Å². The summed E-state index contributed by atoms with van der Waals surface area (Å²) in [4.78, 5) is 68.3. The molecule has 0 unspecified atom stereocenters. The number of carbonyl (C=O) groups excluding carboxylic acids is 2. The maximum atomic E-state index is 15.4. The average Bonchev–Trinajstić information content (AvgIpc) is 3.58.